The molecule has 0 saturated carbocycles. The molecule has 0 bridgehead atoms. The van der Waals surface area contributed by atoms with Crippen LogP contribution in [-0.2, 0) is 9.53 Å². The van der Waals surface area contributed by atoms with E-state index in [1.165, 1.54) is 6.07 Å². The largest absolute Gasteiger partial charge is 0.394 e. The molecule has 0 aromatic heterocycles. The lowest BCUT2D eigenvalue weighted by Gasteiger charge is -2.31. The van der Waals surface area contributed by atoms with E-state index in [9.17, 15) is 13.6 Å². The summed E-state index contributed by atoms with van der Waals surface area (Å²) >= 11 is 0. The molecule has 1 unspecified atom stereocenters. The Kier molecular flexibility index (Phi) is 4.99. The van der Waals surface area contributed by atoms with Crippen molar-refractivity contribution >= 4 is 11.6 Å². The number of carbonyl (C=O) groups is 1. The SMILES string of the molecule is O=C(CN1CCOC(CO)C1)Nc1ccc(F)cc1F. The van der Waals surface area contributed by atoms with Crippen molar-refractivity contribution in [2.75, 3.05) is 38.2 Å². The van der Waals surface area contributed by atoms with Gasteiger partial charge in [0.1, 0.15) is 11.6 Å². The van der Waals surface area contributed by atoms with Gasteiger partial charge in [0.15, 0.2) is 0 Å². The number of amides is 1. The molecule has 2 N–H and O–H groups in total. The standard InChI is InChI=1S/C13H16F2N2O3/c14-9-1-2-12(11(15)5-9)16-13(19)7-17-3-4-20-10(6-17)8-18/h1-2,5,10,18H,3-4,6-8H2,(H,16,19). The fraction of sp³-hybridized carbons (Fsp3) is 0.462. The van der Waals surface area contributed by atoms with Crippen molar-refractivity contribution in [1.82, 2.24) is 4.90 Å². The summed E-state index contributed by atoms with van der Waals surface area (Å²) in [5, 5.41) is 11.4. The van der Waals surface area contributed by atoms with Gasteiger partial charge in [-0.15, -0.1) is 0 Å². The second kappa shape index (κ2) is 6.74. The number of aliphatic hydroxyl groups is 1. The number of morpholine rings is 1. The Hall–Kier alpha value is -1.57. The summed E-state index contributed by atoms with van der Waals surface area (Å²) in [4.78, 5) is 13.6. The first-order valence-corrected chi connectivity index (χ1v) is 6.28. The van der Waals surface area contributed by atoms with E-state index in [2.05, 4.69) is 5.32 Å². The Morgan fingerprint density at radius 2 is 2.30 bits per heavy atom. The number of hydrogen-bond donors (Lipinski definition) is 2. The topological polar surface area (TPSA) is 61.8 Å². The summed E-state index contributed by atoms with van der Waals surface area (Å²) in [5.74, 6) is -1.90. The number of aliphatic hydroxyl groups excluding tert-OH is 1. The van der Waals surface area contributed by atoms with Gasteiger partial charge < -0.3 is 15.2 Å². The molecule has 0 spiro atoms. The molecule has 1 aliphatic heterocycles. The quantitative estimate of drug-likeness (QED) is 0.851. The van der Waals surface area contributed by atoms with E-state index in [0.29, 0.717) is 25.8 Å². The molecule has 1 fully saturated rings. The average Bonchev–Trinajstić information content (AvgIpc) is 2.42. The summed E-state index contributed by atoms with van der Waals surface area (Å²) in [5.41, 5.74) is -0.0524. The maximum absolute atomic E-state index is 13.4. The van der Waals surface area contributed by atoms with Gasteiger partial charge in [0, 0.05) is 19.2 Å². The second-order valence-electron chi connectivity index (χ2n) is 4.58. The minimum absolute atomic E-state index is 0.0524. The normalized spacial score (nSPS) is 19.9. The molecule has 1 aliphatic rings. The molecule has 5 nitrogen and oxygen atoms in total. The number of halogens is 2. The Labute approximate surface area is 115 Å². The average molecular weight is 286 g/mol. The van der Waals surface area contributed by atoms with Crippen LogP contribution >= 0.6 is 0 Å². The monoisotopic (exact) mass is 286 g/mol. The Bertz CT molecular complexity index is 485. The molecule has 7 heteroatoms. The molecule has 1 atom stereocenters. The van der Waals surface area contributed by atoms with Crippen LogP contribution in [0.1, 0.15) is 0 Å². The highest BCUT2D eigenvalue weighted by Gasteiger charge is 2.21. The zero-order chi connectivity index (χ0) is 14.5. The summed E-state index contributed by atoms with van der Waals surface area (Å²) in [7, 11) is 0. The number of rotatable bonds is 4. The van der Waals surface area contributed by atoms with Crippen molar-refractivity contribution in [1.29, 1.82) is 0 Å². The van der Waals surface area contributed by atoms with E-state index >= 15 is 0 Å². The van der Waals surface area contributed by atoms with E-state index in [-0.39, 0.29) is 24.9 Å². The number of anilines is 1. The molecular formula is C13H16F2N2O3. The summed E-state index contributed by atoms with van der Waals surface area (Å²) in [6.07, 6.45) is -0.306. The van der Waals surface area contributed by atoms with Gasteiger partial charge in [-0.1, -0.05) is 0 Å². The molecule has 1 aromatic carbocycles. The van der Waals surface area contributed by atoms with Crippen LogP contribution in [-0.4, -0.2) is 54.9 Å². The zero-order valence-corrected chi connectivity index (χ0v) is 10.8. The Balaban J connectivity index is 1.88. The Morgan fingerprint density at radius 3 is 3.00 bits per heavy atom. The first kappa shape index (κ1) is 14.8. The molecule has 1 heterocycles. The van der Waals surface area contributed by atoms with Crippen molar-refractivity contribution in [2.24, 2.45) is 0 Å². The lowest BCUT2D eigenvalue weighted by atomic mass is 10.2. The summed E-state index contributed by atoms with van der Waals surface area (Å²) in [6.45, 7) is 1.40. The Morgan fingerprint density at radius 1 is 1.50 bits per heavy atom. The summed E-state index contributed by atoms with van der Waals surface area (Å²) < 4.78 is 31.4. The molecule has 1 saturated heterocycles. The van der Waals surface area contributed by atoms with Gasteiger partial charge in [-0.2, -0.15) is 0 Å². The van der Waals surface area contributed by atoms with Crippen LogP contribution in [0.15, 0.2) is 18.2 Å². The van der Waals surface area contributed by atoms with Gasteiger partial charge in [0.2, 0.25) is 5.91 Å². The molecule has 20 heavy (non-hydrogen) atoms. The maximum Gasteiger partial charge on any atom is 0.238 e. The highest BCUT2D eigenvalue weighted by Crippen LogP contribution is 2.15. The second-order valence-corrected chi connectivity index (χ2v) is 4.58. The third-order valence-electron chi connectivity index (χ3n) is 3.00. The van der Waals surface area contributed by atoms with Crippen molar-refractivity contribution in [3.63, 3.8) is 0 Å². The third kappa shape index (κ3) is 3.96. The van der Waals surface area contributed by atoms with E-state index < -0.39 is 17.5 Å². The minimum Gasteiger partial charge on any atom is -0.394 e. The number of nitrogens with one attached hydrogen (secondary N) is 1. The van der Waals surface area contributed by atoms with Gasteiger partial charge >= 0.3 is 0 Å². The molecule has 0 aliphatic carbocycles. The third-order valence-corrected chi connectivity index (χ3v) is 3.00. The molecular weight excluding hydrogens is 270 g/mol. The van der Waals surface area contributed by atoms with Gasteiger partial charge in [-0.25, -0.2) is 8.78 Å². The van der Waals surface area contributed by atoms with Crippen molar-refractivity contribution in [3.05, 3.63) is 29.8 Å². The molecule has 2 rings (SSSR count). The lowest BCUT2D eigenvalue weighted by molar-refractivity contribution is -0.120. The number of hydrogen-bond acceptors (Lipinski definition) is 4. The van der Waals surface area contributed by atoms with Crippen molar-refractivity contribution in [2.45, 2.75) is 6.10 Å². The van der Waals surface area contributed by atoms with Crippen LogP contribution in [0.2, 0.25) is 0 Å². The fourth-order valence-electron chi connectivity index (χ4n) is 2.02. The molecule has 0 radical (unpaired) electrons. The van der Waals surface area contributed by atoms with Gasteiger partial charge in [-0.05, 0) is 12.1 Å². The van der Waals surface area contributed by atoms with Crippen molar-refractivity contribution < 1.29 is 23.4 Å². The fourth-order valence-corrected chi connectivity index (χ4v) is 2.02. The van der Waals surface area contributed by atoms with Crippen LogP contribution in [0.5, 0.6) is 0 Å². The van der Waals surface area contributed by atoms with Gasteiger partial charge in [0.05, 0.1) is 31.5 Å². The highest BCUT2D eigenvalue weighted by molar-refractivity contribution is 5.92. The first-order chi connectivity index (χ1) is 9.58. The smallest absolute Gasteiger partial charge is 0.238 e. The van der Waals surface area contributed by atoms with Crippen LogP contribution in [0.25, 0.3) is 0 Å². The predicted octanol–water partition coefficient (Wildman–Crippen LogP) is 0.596. The minimum atomic E-state index is -0.812. The lowest BCUT2D eigenvalue weighted by Crippen LogP contribution is -2.46. The van der Waals surface area contributed by atoms with E-state index in [1.54, 1.807) is 4.90 Å². The van der Waals surface area contributed by atoms with Gasteiger partial charge in [0.25, 0.3) is 0 Å². The van der Waals surface area contributed by atoms with E-state index in [4.69, 9.17) is 9.84 Å². The number of benzene rings is 1. The van der Waals surface area contributed by atoms with Crippen LogP contribution in [0.4, 0.5) is 14.5 Å². The summed E-state index contributed by atoms with van der Waals surface area (Å²) in [6, 6.07) is 2.97. The van der Waals surface area contributed by atoms with Crippen molar-refractivity contribution in [3.8, 4) is 0 Å². The van der Waals surface area contributed by atoms with E-state index in [1.807, 2.05) is 0 Å². The molecule has 110 valence electrons. The van der Waals surface area contributed by atoms with Crippen LogP contribution in [0, 0.1) is 11.6 Å². The maximum atomic E-state index is 13.4. The van der Waals surface area contributed by atoms with Gasteiger partial charge in [-0.3, -0.25) is 9.69 Å². The number of carbonyl (C=O) groups excluding carboxylic acids is 1. The van der Waals surface area contributed by atoms with E-state index in [0.717, 1.165) is 6.07 Å². The predicted molar refractivity (Wildman–Crippen MR) is 68.3 cm³/mol. The highest BCUT2D eigenvalue weighted by atomic mass is 19.1. The zero-order valence-electron chi connectivity index (χ0n) is 10.8. The molecule has 1 aromatic rings. The number of nitrogens with zero attached hydrogens (tertiary/aromatic N) is 1. The van der Waals surface area contributed by atoms with Crippen LogP contribution < -0.4 is 5.32 Å². The number of ether oxygens (including phenoxy) is 1. The first-order valence-electron chi connectivity index (χ1n) is 6.28. The van der Waals surface area contributed by atoms with Crippen LogP contribution in [0.3, 0.4) is 0 Å². The molecule has 1 amide bonds.